The van der Waals surface area contributed by atoms with Gasteiger partial charge in [-0.1, -0.05) is 288 Å². The Morgan fingerprint density at radius 2 is 0.565 bits per heavy atom. The fourth-order valence-corrected chi connectivity index (χ4v) is 8.85. The summed E-state index contributed by atoms with van der Waals surface area (Å²) in [6.45, 7) is 6.57. The molecular weight excluding hydrogens is 853 g/mol. The summed E-state index contributed by atoms with van der Waals surface area (Å²) in [7, 11) is 0. The summed E-state index contributed by atoms with van der Waals surface area (Å²) < 4.78 is 16.9. The van der Waals surface area contributed by atoms with Gasteiger partial charge in [-0.25, -0.2) is 0 Å². The molecule has 0 N–H and O–H groups in total. The molecule has 0 aromatic rings. The summed E-state index contributed by atoms with van der Waals surface area (Å²) in [6, 6.07) is 0. The van der Waals surface area contributed by atoms with Crippen LogP contribution in [0.3, 0.4) is 0 Å². The fraction of sp³-hybridized carbons (Fsp3) is 0.825. The Kier molecular flexibility index (Phi) is 55.7. The zero-order valence-corrected chi connectivity index (χ0v) is 46.1. The molecule has 69 heavy (non-hydrogen) atoms. The van der Waals surface area contributed by atoms with Crippen molar-refractivity contribution in [2.24, 2.45) is 0 Å². The highest BCUT2D eigenvalue weighted by atomic mass is 16.6. The van der Waals surface area contributed by atoms with Crippen LogP contribution in [0.5, 0.6) is 0 Å². The van der Waals surface area contributed by atoms with Crippen LogP contribution in [0.1, 0.15) is 316 Å². The van der Waals surface area contributed by atoms with E-state index < -0.39 is 6.10 Å². The number of ether oxygens (including phenoxy) is 3. The second-order valence-corrected chi connectivity index (χ2v) is 20.2. The molecule has 0 spiro atoms. The summed E-state index contributed by atoms with van der Waals surface area (Å²) in [6.07, 6.45) is 71.0. The van der Waals surface area contributed by atoms with Gasteiger partial charge in [-0.2, -0.15) is 0 Å². The Balaban J connectivity index is 4.28. The molecule has 0 bridgehead atoms. The van der Waals surface area contributed by atoms with Crippen molar-refractivity contribution < 1.29 is 28.6 Å². The largest absolute Gasteiger partial charge is 0.462 e. The van der Waals surface area contributed by atoms with Crippen molar-refractivity contribution in [3.8, 4) is 0 Å². The molecule has 1 atom stereocenters. The Labute approximate surface area is 428 Å². The van der Waals surface area contributed by atoms with E-state index in [1.807, 2.05) is 0 Å². The van der Waals surface area contributed by atoms with E-state index >= 15 is 0 Å². The molecule has 0 aliphatic heterocycles. The van der Waals surface area contributed by atoms with Crippen molar-refractivity contribution in [1.82, 2.24) is 0 Å². The average Bonchev–Trinajstić information content (AvgIpc) is 3.35. The molecule has 1 unspecified atom stereocenters. The molecule has 6 heteroatoms. The maximum atomic E-state index is 12.9. The van der Waals surface area contributed by atoms with Crippen LogP contribution < -0.4 is 0 Å². The highest BCUT2D eigenvalue weighted by Gasteiger charge is 2.19. The lowest BCUT2D eigenvalue weighted by molar-refractivity contribution is -0.167. The van der Waals surface area contributed by atoms with Gasteiger partial charge in [0.1, 0.15) is 13.2 Å². The first-order chi connectivity index (χ1) is 34.0. The van der Waals surface area contributed by atoms with Crippen molar-refractivity contribution in [1.29, 1.82) is 0 Å². The van der Waals surface area contributed by atoms with E-state index in [9.17, 15) is 14.4 Å². The Hall–Kier alpha value is -2.63. The van der Waals surface area contributed by atoms with Gasteiger partial charge in [0.15, 0.2) is 6.10 Å². The highest BCUT2D eigenvalue weighted by Crippen LogP contribution is 2.17. The number of carbonyl (C=O) groups excluding carboxylic acids is 3. The molecule has 0 aromatic heterocycles. The number of allylic oxidation sites excluding steroid dienone is 8. The van der Waals surface area contributed by atoms with Crippen LogP contribution in [0.4, 0.5) is 0 Å². The lowest BCUT2D eigenvalue weighted by Crippen LogP contribution is -2.30. The second-order valence-electron chi connectivity index (χ2n) is 20.2. The SMILES string of the molecule is CC/C=C\C/C=C\C/C=C\C/C=C\CCCCCCCCCCCCC(=O)OCC(COC(=O)CCCCCCCCCCCCCCCC)OC(=O)CCCCCCCCCCCCCCCC. The molecule has 0 rings (SSSR count). The van der Waals surface area contributed by atoms with E-state index in [-0.39, 0.29) is 31.1 Å². The fourth-order valence-electron chi connectivity index (χ4n) is 8.85. The van der Waals surface area contributed by atoms with Gasteiger partial charge in [0, 0.05) is 19.3 Å². The topological polar surface area (TPSA) is 78.9 Å². The van der Waals surface area contributed by atoms with Gasteiger partial charge in [-0.15, -0.1) is 0 Å². The zero-order chi connectivity index (χ0) is 50.0. The molecule has 0 saturated heterocycles. The molecular formula is C63H114O6. The van der Waals surface area contributed by atoms with Crippen LogP contribution in [0.25, 0.3) is 0 Å². The normalized spacial score (nSPS) is 12.3. The van der Waals surface area contributed by atoms with Crippen molar-refractivity contribution >= 4 is 17.9 Å². The van der Waals surface area contributed by atoms with Crippen LogP contribution in [0.15, 0.2) is 48.6 Å². The number of hydrogen-bond acceptors (Lipinski definition) is 6. The Morgan fingerprint density at radius 1 is 0.304 bits per heavy atom. The van der Waals surface area contributed by atoms with Crippen LogP contribution in [0, 0.1) is 0 Å². The average molecular weight is 968 g/mol. The van der Waals surface area contributed by atoms with Crippen molar-refractivity contribution in [3.63, 3.8) is 0 Å². The smallest absolute Gasteiger partial charge is 0.306 e. The first kappa shape index (κ1) is 66.4. The summed E-state index contributed by atoms with van der Waals surface area (Å²) in [5.41, 5.74) is 0. The standard InChI is InChI=1S/C63H114O6/c1-4-7-10-13-16-19-22-25-28-29-30-31-32-33-34-35-36-39-41-44-47-50-53-56-62(65)68-59-60(69-63(66)57-54-51-48-45-42-38-27-24-21-18-15-12-9-6-3)58-67-61(64)55-52-49-46-43-40-37-26-23-20-17-14-11-8-5-2/h7,10,16,19,25,28,30-31,60H,4-6,8-9,11-15,17-18,20-24,26-27,29,32-59H2,1-3H3/b10-7-,19-16-,28-25-,31-30-. The Morgan fingerprint density at radius 3 is 0.884 bits per heavy atom. The lowest BCUT2D eigenvalue weighted by Gasteiger charge is -2.18. The number of esters is 3. The maximum Gasteiger partial charge on any atom is 0.306 e. The van der Waals surface area contributed by atoms with Gasteiger partial charge in [-0.05, 0) is 57.8 Å². The molecule has 0 aliphatic rings. The molecule has 0 fully saturated rings. The first-order valence-electron chi connectivity index (χ1n) is 30.1. The molecule has 6 nitrogen and oxygen atoms in total. The van der Waals surface area contributed by atoms with Gasteiger partial charge in [0.05, 0.1) is 0 Å². The predicted octanol–water partition coefficient (Wildman–Crippen LogP) is 20.2. The summed E-state index contributed by atoms with van der Waals surface area (Å²) >= 11 is 0. The quantitative estimate of drug-likeness (QED) is 0.0262. The highest BCUT2D eigenvalue weighted by molar-refractivity contribution is 5.71. The van der Waals surface area contributed by atoms with E-state index in [1.165, 1.54) is 193 Å². The van der Waals surface area contributed by atoms with E-state index in [2.05, 4.69) is 69.4 Å². The van der Waals surface area contributed by atoms with Crippen LogP contribution in [-0.2, 0) is 28.6 Å². The summed E-state index contributed by atoms with van der Waals surface area (Å²) in [5.74, 6) is -0.854. The van der Waals surface area contributed by atoms with Gasteiger partial charge >= 0.3 is 17.9 Å². The minimum absolute atomic E-state index is 0.0690. The van der Waals surface area contributed by atoms with Crippen LogP contribution in [0.2, 0.25) is 0 Å². The monoisotopic (exact) mass is 967 g/mol. The third kappa shape index (κ3) is 56.2. The van der Waals surface area contributed by atoms with Gasteiger partial charge in [-0.3, -0.25) is 14.4 Å². The maximum absolute atomic E-state index is 12.9. The van der Waals surface area contributed by atoms with E-state index in [1.54, 1.807) is 0 Å². The third-order valence-corrected chi connectivity index (χ3v) is 13.3. The van der Waals surface area contributed by atoms with E-state index in [0.29, 0.717) is 19.3 Å². The van der Waals surface area contributed by atoms with Crippen molar-refractivity contribution in [3.05, 3.63) is 48.6 Å². The molecule has 0 aliphatic carbocycles. The first-order valence-corrected chi connectivity index (χ1v) is 30.1. The van der Waals surface area contributed by atoms with Crippen LogP contribution >= 0.6 is 0 Å². The van der Waals surface area contributed by atoms with E-state index in [0.717, 1.165) is 83.5 Å². The van der Waals surface area contributed by atoms with Crippen LogP contribution in [-0.4, -0.2) is 37.2 Å². The van der Waals surface area contributed by atoms with Crippen molar-refractivity contribution in [2.75, 3.05) is 13.2 Å². The molecule has 402 valence electrons. The molecule has 0 radical (unpaired) electrons. The molecule has 0 aromatic carbocycles. The number of rotatable bonds is 55. The number of carbonyl (C=O) groups is 3. The number of unbranched alkanes of at least 4 members (excludes halogenated alkanes) is 36. The predicted molar refractivity (Wildman–Crippen MR) is 298 cm³/mol. The number of hydrogen-bond donors (Lipinski definition) is 0. The molecule has 0 amide bonds. The Bertz CT molecular complexity index is 1200. The minimum Gasteiger partial charge on any atom is -0.462 e. The molecule has 0 heterocycles. The lowest BCUT2D eigenvalue weighted by atomic mass is 10.0. The van der Waals surface area contributed by atoms with E-state index in [4.69, 9.17) is 14.2 Å². The van der Waals surface area contributed by atoms with Gasteiger partial charge in [0.25, 0.3) is 0 Å². The van der Waals surface area contributed by atoms with Gasteiger partial charge < -0.3 is 14.2 Å². The molecule has 0 saturated carbocycles. The second kappa shape index (κ2) is 57.9. The van der Waals surface area contributed by atoms with Gasteiger partial charge in [0.2, 0.25) is 0 Å². The van der Waals surface area contributed by atoms with Crippen molar-refractivity contribution in [2.45, 2.75) is 322 Å². The zero-order valence-electron chi connectivity index (χ0n) is 46.1. The minimum atomic E-state index is -0.770. The third-order valence-electron chi connectivity index (χ3n) is 13.3. The summed E-state index contributed by atoms with van der Waals surface area (Å²) in [5, 5.41) is 0. The summed E-state index contributed by atoms with van der Waals surface area (Å²) in [4.78, 5) is 38.2.